The van der Waals surface area contributed by atoms with Gasteiger partial charge in [-0.2, -0.15) is 4.73 Å². The highest BCUT2D eigenvalue weighted by Gasteiger charge is 2.11. The Morgan fingerprint density at radius 2 is 1.79 bits per heavy atom. The van der Waals surface area contributed by atoms with Crippen molar-refractivity contribution in [2.24, 2.45) is 0 Å². The molecular weight excluding hydrogens is 304 g/mol. The van der Waals surface area contributed by atoms with Crippen LogP contribution in [-0.4, -0.2) is 12.1 Å². The quantitative estimate of drug-likeness (QED) is 0.534. The number of aryl methyl sites for hydroxylation is 1. The van der Waals surface area contributed by atoms with Crippen LogP contribution in [-0.2, 0) is 6.61 Å². The number of methoxy groups -OCH3 is 1. The van der Waals surface area contributed by atoms with Crippen LogP contribution in [0.3, 0.4) is 0 Å². The van der Waals surface area contributed by atoms with Gasteiger partial charge in [0.1, 0.15) is 29.5 Å². The molecule has 24 heavy (non-hydrogen) atoms. The molecule has 0 saturated carbocycles. The summed E-state index contributed by atoms with van der Waals surface area (Å²) in [6, 6.07) is 15.3. The minimum absolute atomic E-state index is 0.421. The third-order valence-electron chi connectivity index (χ3n) is 3.58. The Morgan fingerprint density at radius 1 is 1.04 bits per heavy atom. The van der Waals surface area contributed by atoms with Crippen molar-refractivity contribution in [3.05, 3.63) is 77.4 Å². The maximum Gasteiger partial charge on any atom is 0.206 e. The van der Waals surface area contributed by atoms with Crippen LogP contribution in [0.5, 0.6) is 11.5 Å². The Labute approximate surface area is 140 Å². The van der Waals surface area contributed by atoms with E-state index in [1.807, 2.05) is 48.5 Å². The number of para-hydroxylation sites is 1. The van der Waals surface area contributed by atoms with Crippen molar-refractivity contribution in [2.75, 3.05) is 7.11 Å². The van der Waals surface area contributed by atoms with Gasteiger partial charge < -0.3 is 14.7 Å². The van der Waals surface area contributed by atoms with Gasteiger partial charge in [-0.05, 0) is 36.8 Å². The Kier molecular flexibility index (Phi) is 4.61. The predicted octanol–water partition coefficient (Wildman–Crippen LogP) is 3.28. The van der Waals surface area contributed by atoms with Gasteiger partial charge in [0.2, 0.25) is 12.4 Å². The van der Waals surface area contributed by atoms with Crippen molar-refractivity contribution < 1.29 is 14.2 Å². The summed E-state index contributed by atoms with van der Waals surface area (Å²) < 4.78 is 11.9. The van der Waals surface area contributed by atoms with E-state index in [4.69, 9.17) is 9.47 Å². The molecule has 0 radical (unpaired) electrons. The molecule has 0 atom stereocenters. The van der Waals surface area contributed by atoms with E-state index in [-0.39, 0.29) is 0 Å². The Hall–Kier alpha value is -3.08. The van der Waals surface area contributed by atoms with Crippen LogP contribution in [0.15, 0.2) is 60.9 Å². The lowest BCUT2D eigenvalue weighted by Crippen LogP contribution is -2.26. The summed E-state index contributed by atoms with van der Waals surface area (Å²) in [7, 11) is 1.64. The van der Waals surface area contributed by atoms with Gasteiger partial charge >= 0.3 is 0 Å². The van der Waals surface area contributed by atoms with E-state index in [2.05, 4.69) is 4.98 Å². The molecule has 0 aliphatic rings. The Morgan fingerprint density at radius 3 is 2.50 bits per heavy atom. The molecular formula is C19H18N2O3. The van der Waals surface area contributed by atoms with E-state index < -0.39 is 0 Å². The SMILES string of the molecule is COc1ccc(COc2ccccc2-c2c[n+]([O-])cc(C)n2)cc1. The van der Waals surface area contributed by atoms with E-state index >= 15 is 0 Å². The second-order valence-electron chi connectivity index (χ2n) is 5.39. The number of aromatic nitrogens is 2. The van der Waals surface area contributed by atoms with Crippen LogP contribution in [0.2, 0.25) is 0 Å². The molecule has 2 aromatic carbocycles. The molecule has 3 aromatic rings. The molecule has 0 spiro atoms. The summed E-state index contributed by atoms with van der Waals surface area (Å²) in [5.41, 5.74) is 3.07. The molecule has 0 unspecified atom stereocenters. The Balaban J connectivity index is 1.83. The molecule has 5 nitrogen and oxygen atoms in total. The van der Waals surface area contributed by atoms with Gasteiger partial charge in [-0.3, -0.25) is 0 Å². The van der Waals surface area contributed by atoms with E-state index in [9.17, 15) is 5.21 Å². The van der Waals surface area contributed by atoms with E-state index in [0.717, 1.165) is 21.6 Å². The second-order valence-corrected chi connectivity index (χ2v) is 5.39. The zero-order valence-electron chi connectivity index (χ0n) is 13.6. The van der Waals surface area contributed by atoms with E-state index in [0.29, 0.717) is 23.7 Å². The van der Waals surface area contributed by atoms with Crippen LogP contribution in [0.25, 0.3) is 11.3 Å². The largest absolute Gasteiger partial charge is 0.619 e. The fourth-order valence-electron chi connectivity index (χ4n) is 2.41. The van der Waals surface area contributed by atoms with Gasteiger partial charge in [-0.1, -0.05) is 24.3 Å². The van der Waals surface area contributed by atoms with Gasteiger partial charge in [0.15, 0.2) is 0 Å². The van der Waals surface area contributed by atoms with E-state index in [1.54, 1.807) is 14.0 Å². The van der Waals surface area contributed by atoms with Crippen LogP contribution >= 0.6 is 0 Å². The predicted molar refractivity (Wildman–Crippen MR) is 90.7 cm³/mol. The fourth-order valence-corrected chi connectivity index (χ4v) is 2.41. The lowest BCUT2D eigenvalue weighted by molar-refractivity contribution is -0.605. The number of ether oxygens (including phenoxy) is 2. The van der Waals surface area contributed by atoms with Crippen molar-refractivity contribution in [3.8, 4) is 22.8 Å². The van der Waals surface area contributed by atoms with Gasteiger partial charge in [-0.25, -0.2) is 4.98 Å². The number of benzene rings is 2. The highest BCUT2D eigenvalue weighted by molar-refractivity contribution is 5.66. The standard InChI is InChI=1S/C19H18N2O3/c1-14-11-21(22)12-18(20-14)17-5-3-4-6-19(17)24-13-15-7-9-16(23-2)10-8-15/h3-12H,13H2,1-2H3. The third kappa shape index (κ3) is 3.63. The number of hydrogen-bond acceptors (Lipinski definition) is 4. The molecule has 3 rings (SSSR count). The van der Waals surface area contributed by atoms with Crippen molar-refractivity contribution >= 4 is 0 Å². The highest BCUT2D eigenvalue weighted by Crippen LogP contribution is 2.28. The summed E-state index contributed by atoms with van der Waals surface area (Å²) >= 11 is 0. The smallest absolute Gasteiger partial charge is 0.206 e. The molecule has 0 N–H and O–H groups in total. The van der Waals surface area contributed by atoms with Crippen molar-refractivity contribution in [2.45, 2.75) is 13.5 Å². The second kappa shape index (κ2) is 7.00. The van der Waals surface area contributed by atoms with Crippen LogP contribution in [0.1, 0.15) is 11.3 Å². The molecule has 0 aliphatic carbocycles. The zero-order chi connectivity index (χ0) is 16.9. The molecule has 0 saturated heterocycles. The summed E-state index contributed by atoms with van der Waals surface area (Å²) in [5, 5.41) is 11.7. The minimum Gasteiger partial charge on any atom is -0.619 e. The van der Waals surface area contributed by atoms with Crippen LogP contribution < -0.4 is 14.2 Å². The molecule has 5 heteroatoms. The summed E-state index contributed by atoms with van der Waals surface area (Å²) in [4.78, 5) is 4.43. The average Bonchev–Trinajstić information content (AvgIpc) is 2.60. The van der Waals surface area contributed by atoms with Gasteiger partial charge in [-0.15, -0.1) is 0 Å². The molecule has 0 bridgehead atoms. The van der Waals surface area contributed by atoms with Gasteiger partial charge in [0, 0.05) is 5.56 Å². The first-order chi connectivity index (χ1) is 11.7. The molecule has 122 valence electrons. The minimum atomic E-state index is 0.421. The number of nitrogens with zero attached hydrogens (tertiary/aromatic N) is 2. The topological polar surface area (TPSA) is 58.3 Å². The maximum atomic E-state index is 11.7. The summed E-state index contributed by atoms with van der Waals surface area (Å²) in [6.45, 7) is 2.21. The van der Waals surface area contributed by atoms with E-state index in [1.165, 1.54) is 12.4 Å². The lowest BCUT2D eigenvalue weighted by atomic mass is 10.1. The lowest BCUT2D eigenvalue weighted by Gasteiger charge is -2.11. The average molecular weight is 322 g/mol. The first-order valence-corrected chi connectivity index (χ1v) is 7.58. The molecule has 0 amide bonds. The third-order valence-corrected chi connectivity index (χ3v) is 3.58. The molecule has 1 heterocycles. The van der Waals surface area contributed by atoms with Crippen molar-refractivity contribution in [1.29, 1.82) is 0 Å². The monoisotopic (exact) mass is 322 g/mol. The van der Waals surface area contributed by atoms with Crippen LogP contribution in [0, 0.1) is 12.1 Å². The van der Waals surface area contributed by atoms with Gasteiger partial charge in [0.25, 0.3) is 0 Å². The van der Waals surface area contributed by atoms with Crippen molar-refractivity contribution in [1.82, 2.24) is 4.98 Å². The number of rotatable bonds is 5. The highest BCUT2D eigenvalue weighted by atomic mass is 16.5. The molecule has 0 aliphatic heterocycles. The zero-order valence-corrected chi connectivity index (χ0v) is 13.6. The molecule has 1 aromatic heterocycles. The van der Waals surface area contributed by atoms with Gasteiger partial charge in [0.05, 0.1) is 7.11 Å². The first kappa shape index (κ1) is 15.8. The summed E-state index contributed by atoms with van der Waals surface area (Å²) in [5.74, 6) is 1.49. The normalized spacial score (nSPS) is 10.4. The van der Waals surface area contributed by atoms with Crippen molar-refractivity contribution in [3.63, 3.8) is 0 Å². The Bertz CT molecular complexity index is 812. The molecule has 0 fully saturated rings. The first-order valence-electron chi connectivity index (χ1n) is 7.58. The number of hydrogen-bond donors (Lipinski definition) is 0. The summed E-state index contributed by atoms with van der Waals surface area (Å²) in [6.07, 6.45) is 2.88. The van der Waals surface area contributed by atoms with Crippen LogP contribution in [0.4, 0.5) is 0 Å². The maximum absolute atomic E-state index is 11.7. The fraction of sp³-hybridized carbons (Fsp3) is 0.158.